The molecule has 1 aromatic heterocycles. The van der Waals surface area contributed by atoms with Gasteiger partial charge < -0.3 is 9.15 Å². The van der Waals surface area contributed by atoms with E-state index < -0.39 is 4.92 Å². The van der Waals surface area contributed by atoms with E-state index in [1.807, 2.05) is 18.2 Å². The van der Waals surface area contributed by atoms with Gasteiger partial charge in [0.15, 0.2) is 5.78 Å². The second kappa shape index (κ2) is 9.78. The first kappa shape index (κ1) is 21.8. The summed E-state index contributed by atoms with van der Waals surface area (Å²) in [6.45, 7) is 5.49. The molecule has 0 N–H and O–H groups in total. The van der Waals surface area contributed by atoms with Crippen molar-refractivity contribution in [2.45, 2.75) is 26.2 Å². The SMILES string of the molecule is Cc1oc2ccc(OCCN3CCCCC3)cc2c1C(=O)/C=C/c1cccc([N+](=O)[O-])c1. The summed E-state index contributed by atoms with van der Waals surface area (Å²) in [6.07, 6.45) is 6.79. The van der Waals surface area contributed by atoms with Crippen molar-refractivity contribution < 1.29 is 18.9 Å². The Labute approximate surface area is 186 Å². The van der Waals surface area contributed by atoms with Crippen molar-refractivity contribution in [1.29, 1.82) is 0 Å². The van der Waals surface area contributed by atoms with E-state index >= 15 is 0 Å². The molecule has 32 heavy (non-hydrogen) atoms. The number of aryl methyl sites for hydroxylation is 1. The summed E-state index contributed by atoms with van der Waals surface area (Å²) in [5.74, 6) is 1.00. The quantitative estimate of drug-likeness (QED) is 0.204. The Morgan fingerprint density at radius 3 is 2.78 bits per heavy atom. The number of nitro benzene ring substituents is 1. The van der Waals surface area contributed by atoms with Crippen LogP contribution in [0.3, 0.4) is 0 Å². The van der Waals surface area contributed by atoms with Gasteiger partial charge in [0.1, 0.15) is 23.7 Å². The van der Waals surface area contributed by atoms with Crippen molar-refractivity contribution in [2.24, 2.45) is 0 Å². The van der Waals surface area contributed by atoms with Crippen molar-refractivity contribution in [1.82, 2.24) is 4.90 Å². The summed E-state index contributed by atoms with van der Waals surface area (Å²) in [5, 5.41) is 11.7. The second-order valence-electron chi connectivity index (χ2n) is 7.99. The summed E-state index contributed by atoms with van der Waals surface area (Å²) in [7, 11) is 0. The summed E-state index contributed by atoms with van der Waals surface area (Å²) in [6, 6.07) is 11.7. The van der Waals surface area contributed by atoms with Crippen molar-refractivity contribution in [3.8, 4) is 5.75 Å². The number of carbonyl (C=O) groups is 1. The number of nitro groups is 1. The first-order valence-corrected chi connectivity index (χ1v) is 10.9. The average molecular weight is 434 g/mol. The Balaban J connectivity index is 1.49. The topological polar surface area (TPSA) is 85.8 Å². The van der Waals surface area contributed by atoms with E-state index in [9.17, 15) is 14.9 Å². The number of ketones is 1. The number of ether oxygens (including phenoxy) is 1. The van der Waals surface area contributed by atoms with Gasteiger partial charge in [-0.15, -0.1) is 0 Å². The van der Waals surface area contributed by atoms with Crippen LogP contribution in [-0.4, -0.2) is 41.8 Å². The zero-order valence-corrected chi connectivity index (χ0v) is 18.1. The number of likely N-dealkylation sites (tertiary alicyclic amines) is 1. The molecule has 0 unspecified atom stereocenters. The molecule has 3 aromatic rings. The Kier molecular flexibility index (Phi) is 6.66. The fourth-order valence-electron chi connectivity index (χ4n) is 4.07. The van der Waals surface area contributed by atoms with Gasteiger partial charge in [0.25, 0.3) is 5.69 Å². The molecule has 1 aliphatic rings. The molecule has 4 rings (SSSR count). The van der Waals surface area contributed by atoms with Gasteiger partial charge in [0.2, 0.25) is 0 Å². The minimum atomic E-state index is -0.459. The highest BCUT2D eigenvalue weighted by molar-refractivity contribution is 6.15. The molecule has 0 atom stereocenters. The molecular weight excluding hydrogens is 408 g/mol. The molecule has 0 amide bonds. The third kappa shape index (κ3) is 5.06. The van der Waals surface area contributed by atoms with Gasteiger partial charge in [0.05, 0.1) is 10.5 Å². The molecule has 1 aliphatic heterocycles. The van der Waals surface area contributed by atoms with E-state index in [0.717, 1.165) is 19.6 Å². The van der Waals surface area contributed by atoms with Crippen LogP contribution in [-0.2, 0) is 0 Å². The molecule has 7 heteroatoms. The molecule has 0 aliphatic carbocycles. The van der Waals surface area contributed by atoms with Crippen molar-refractivity contribution in [2.75, 3.05) is 26.2 Å². The fraction of sp³-hybridized carbons (Fsp3) is 0.320. The van der Waals surface area contributed by atoms with Gasteiger partial charge in [-0.1, -0.05) is 24.6 Å². The van der Waals surface area contributed by atoms with Gasteiger partial charge in [-0.2, -0.15) is 0 Å². The molecule has 0 spiro atoms. The lowest BCUT2D eigenvalue weighted by Crippen LogP contribution is -2.33. The predicted octanol–water partition coefficient (Wildman–Crippen LogP) is 5.41. The number of fused-ring (bicyclic) bond motifs is 1. The molecule has 7 nitrogen and oxygen atoms in total. The van der Waals surface area contributed by atoms with Crippen molar-refractivity contribution in [3.63, 3.8) is 0 Å². The van der Waals surface area contributed by atoms with Gasteiger partial charge >= 0.3 is 0 Å². The Morgan fingerprint density at radius 1 is 1.19 bits per heavy atom. The second-order valence-corrected chi connectivity index (χ2v) is 7.99. The molecule has 2 aromatic carbocycles. The first-order valence-electron chi connectivity index (χ1n) is 10.9. The lowest BCUT2D eigenvalue weighted by molar-refractivity contribution is -0.384. The lowest BCUT2D eigenvalue weighted by Gasteiger charge is -2.26. The highest BCUT2D eigenvalue weighted by Crippen LogP contribution is 2.30. The molecule has 2 heterocycles. The van der Waals surface area contributed by atoms with Crippen LogP contribution in [0.1, 0.15) is 40.9 Å². The van der Waals surface area contributed by atoms with E-state index in [1.165, 1.54) is 37.5 Å². The van der Waals surface area contributed by atoms with Crippen molar-refractivity contribution in [3.05, 3.63) is 75.5 Å². The molecule has 0 bridgehead atoms. The maximum absolute atomic E-state index is 12.9. The molecule has 1 fully saturated rings. The number of benzene rings is 2. The van der Waals surface area contributed by atoms with Crippen LogP contribution >= 0.6 is 0 Å². The van der Waals surface area contributed by atoms with E-state index in [4.69, 9.17) is 9.15 Å². The van der Waals surface area contributed by atoms with E-state index in [1.54, 1.807) is 25.1 Å². The molecule has 0 radical (unpaired) electrons. The van der Waals surface area contributed by atoms with Crippen LogP contribution in [0.2, 0.25) is 0 Å². The lowest BCUT2D eigenvalue weighted by atomic mass is 10.0. The number of nitrogens with zero attached hydrogens (tertiary/aromatic N) is 2. The fourth-order valence-corrected chi connectivity index (χ4v) is 4.07. The summed E-state index contributed by atoms with van der Waals surface area (Å²) >= 11 is 0. The monoisotopic (exact) mass is 434 g/mol. The smallest absolute Gasteiger partial charge is 0.270 e. The number of furan rings is 1. The van der Waals surface area contributed by atoms with Crippen LogP contribution in [0, 0.1) is 17.0 Å². The van der Waals surface area contributed by atoms with E-state index in [-0.39, 0.29) is 11.5 Å². The highest BCUT2D eigenvalue weighted by Gasteiger charge is 2.17. The third-order valence-electron chi connectivity index (χ3n) is 5.71. The van der Waals surface area contributed by atoms with E-state index in [0.29, 0.717) is 40.2 Å². The largest absolute Gasteiger partial charge is 0.492 e. The first-order chi connectivity index (χ1) is 15.5. The van der Waals surface area contributed by atoms with Gasteiger partial charge in [-0.25, -0.2) is 0 Å². The number of rotatable bonds is 8. The number of non-ortho nitro benzene ring substituents is 1. The number of allylic oxidation sites excluding steroid dienone is 1. The summed E-state index contributed by atoms with van der Waals surface area (Å²) in [5.41, 5.74) is 1.66. The minimum absolute atomic E-state index is 0.0177. The number of piperidine rings is 1. The zero-order chi connectivity index (χ0) is 22.5. The maximum Gasteiger partial charge on any atom is 0.270 e. The third-order valence-corrected chi connectivity index (χ3v) is 5.71. The van der Waals surface area contributed by atoms with Crippen molar-refractivity contribution >= 4 is 28.5 Å². The molecular formula is C25H26N2O5. The summed E-state index contributed by atoms with van der Waals surface area (Å²) in [4.78, 5) is 25.8. The molecule has 1 saturated heterocycles. The van der Waals surface area contributed by atoms with E-state index in [2.05, 4.69) is 4.90 Å². The average Bonchev–Trinajstić information content (AvgIpc) is 3.13. The summed E-state index contributed by atoms with van der Waals surface area (Å²) < 4.78 is 11.7. The predicted molar refractivity (Wildman–Crippen MR) is 123 cm³/mol. The van der Waals surface area contributed by atoms with Gasteiger partial charge in [0, 0.05) is 24.1 Å². The zero-order valence-electron chi connectivity index (χ0n) is 18.1. The Hall–Kier alpha value is -3.45. The molecule has 0 saturated carbocycles. The standard InChI is InChI=1S/C25H26N2O5/c1-18-25(23(28)10-8-19-6-5-7-20(16-19)27(29)30)22-17-21(9-11-24(22)32-18)31-15-14-26-12-3-2-4-13-26/h5-11,16-17H,2-4,12-15H2,1H3/b10-8+. The number of carbonyl (C=O) groups excluding carboxylic acids is 1. The van der Waals surface area contributed by atoms with Gasteiger partial charge in [-0.3, -0.25) is 19.8 Å². The van der Waals surface area contributed by atoms with Gasteiger partial charge in [-0.05, 0) is 62.7 Å². The van der Waals surface area contributed by atoms with Crippen LogP contribution in [0.25, 0.3) is 17.0 Å². The normalized spacial score (nSPS) is 14.8. The highest BCUT2D eigenvalue weighted by atomic mass is 16.6. The maximum atomic E-state index is 12.9. The Morgan fingerprint density at radius 2 is 2.00 bits per heavy atom. The van der Waals surface area contributed by atoms with Crippen LogP contribution in [0.5, 0.6) is 5.75 Å². The number of hydrogen-bond donors (Lipinski definition) is 0. The number of hydrogen-bond acceptors (Lipinski definition) is 6. The Bertz CT molecular complexity index is 1160. The molecule has 166 valence electrons. The van der Waals surface area contributed by atoms with Crippen LogP contribution in [0.4, 0.5) is 5.69 Å². The van der Waals surface area contributed by atoms with Crippen LogP contribution in [0.15, 0.2) is 53.0 Å². The van der Waals surface area contributed by atoms with Crippen LogP contribution < -0.4 is 4.74 Å². The minimum Gasteiger partial charge on any atom is -0.492 e.